The lowest BCUT2D eigenvalue weighted by atomic mass is 10.0. The Morgan fingerprint density at radius 2 is 1.20 bits per heavy atom. The standard InChI is InChI=1S/C19H16FN3OS.C18H15FN4O2.HI/c1-25-18(21)15-13-3-2-4-14-17(13)23(10-9-22-19(14)24)16(15)11-5-7-12(20)8-6-11;19-11-6-4-10(5-7-11)15-14(17(20)22-25)12-2-1-3-13-16(12)23(15)9-8-21-18(13)24;/h2-8,21H,9-10H2,1H3,(H,22,24);1-7,25H,8-9H2,(H2,20,22)(H,21,24);1H. The number of aromatic nitrogens is 2. The Bertz CT molecular complexity index is 2370. The van der Waals surface area contributed by atoms with E-state index < -0.39 is 0 Å². The number of amidine groups is 1. The molecule has 10 nitrogen and oxygen atoms in total. The summed E-state index contributed by atoms with van der Waals surface area (Å²) in [5.74, 6) is -0.934. The van der Waals surface area contributed by atoms with Crippen molar-refractivity contribution >= 4 is 56.3 Å². The smallest absolute Gasteiger partial charge is 0.253 e. The van der Waals surface area contributed by atoms with E-state index in [-0.39, 0.29) is 53.3 Å². The van der Waals surface area contributed by atoms with Gasteiger partial charge in [0.2, 0.25) is 5.04 Å². The van der Waals surface area contributed by atoms with E-state index in [0.717, 1.165) is 38.8 Å². The molecule has 8 rings (SSSR count). The van der Waals surface area contributed by atoms with Crippen molar-refractivity contribution in [3.8, 4) is 22.5 Å². The lowest BCUT2D eigenvalue weighted by molar-refractivity contribution is -0.107. The van der Waals surface area contributed by atoms with Crippen LogP contribution in [0, 0.1) is 11.6 Å². The Labute approximate surface area is 312 Å². The monoisotopic (exact) mass is 819 g/mol. The lowest BCUT2D eigenvalue weighted by Gasteiger charge is -2.11. The maximum Gasteiger partial charge on any atom is 0.253 e. The maximum atomic E-state index is 13.4. The summed E-state index contributed by atoms with van der Waals surface area (Å²) in [5.41, 5.74) is 13.4. The molecule has 4 aromatic carbocycles. The summed E-state index contributed by atoms with van der Waals surface area (Å²) in [7, 11) is 0. The zero-order valence-corrected chi connectivity index (χ0v) is 30.2. The van der Waals surface area contributed by atoms with Gasteiger partial charge in [-0.05, 0) is 78.0 Å². The molecule has 2 aliphatic heterocycles. The molecule has 0 atom stereocenters. The van der Waals surface area contributed by atoms with Crippen LogP contribution >= 0.6 is 11.8 Å². The summed E-state index contributed by atoms with van der Waals surface area (Å²) in [6, 6.07) is 23.4. The second-order valence-corrected chi connectivity index (χ2v) is 12.6. The summed E-state index contributed by atoms with van der Waals surface area (Å²) in [6.45, 7) is 2.13. The van der Waals surface area contributed by atoms with E-state index in [9.17, 15) is 23.6 Å². The van der Waals surface area contributed by atoms with Gasteiger partial charge in [0.1, 0.15) is 11.6 Å². The summed E-state index contributed by atoms with van der Waals surface area (Å²) < 4.78 is 30.8. The average Bonchev–Trinajstić information content (AvgIpc) is 3.50. The van der Waals surface area contributed by atoms with Gasteiger partial charge >= 0.3 is 0 Å². The number of benzene rings is 4. The van der Waals surface area contributed by atoms with Crippen LogP contribution in [0.25, 0.3) is 44.3 Å². The van der Waals surface area contributed by atoms with Crippen molar-refractivity contribution in [2.24, 2.45) is 10.9 Å². The van der Waals surface area contributed by atoms with Crippen molar-refractivity contribution in [3.63, 3.8) is 0 Å². The first kappa shape index (κ1) is 35.6. The molecular formula is C37H32F2IN7O3S. The molecule has 0 bridgehead atoms. The van der Waals surface area contributed by atoms with Crippen LogP contribution in [-0.4, -0.2) is 56.4 Å². The molecule has 2 aliphatic rings. The van der Waals surface area contributed by atoms with Gasteiger partial charge in [-0.25, -0.2) is 14.2 Å². The molecule has 0 fully saturated rings. The molecule has 260 valence electrons. The van der Waals surface area contributed by atoms with Crippen molar-refractivity contribution in [1.82, 2.24) is 19.8 Å². The third-order valence-corrected chi connectivity index (χ3v) is 9.60. The van der Waals surface area contributed by atoms with Crippen molar-refractivity contribution in [3.05, 3.63) is 119 Å². The number of hydrogen-bond acceptors (Lipinski definition) is 5. The minimum absolute atomic E-state index is 0. The number of nitrogens with one attached hydrogen (secondary N) is 2. The van der Waals surface area contributed by atoms with Gasteiger partial charge in [0, 0.05) is 37.0 Å². The topological polar surface area (TPSA) is 152 Å². The van der Waals surface area contributed by atoms with Crippen LogP contribution < -0.4 is 45.8 Å². The number of hydrogen-bond donors (Lipinski definition) is 5. The van der Waals surface area contributed by atoms with Crippen LogP contribution in [0.5, 0.6) is 0 Å². The van der Waals surface area contributed by atoms with E-state index in [1.807, 2.05) is 35.1 Å². The Balaban J connectivity index is 0.000000172. The van der Waals surface area contributed by atoms with E-state index >= 15 is 0 Å². The van der Waals surface area contributed by atoms with Crippen LogP contribution in [0.1, 0.15) is 31.8 Å². The molecule has 0 spiro atoms. The highest BCUT2D eigenvalue weighted by molar-refractivity contribution is 8.13. The molecule has 4 heterocycles. The van der Waals surface area contributed by atoms with Crippen molar-refractivity contribution < 1.29 is 53.0 Å². The lowest BCUT2D eigenvalue weighted by Crippen LogP contribution is -3.00. The van der Waals surface area contributed by atoms with Gasteiger partial charge in [-0.3, -0.25) is 9.59 Å². The van der Waals surface area contributed by atoms with Gasteiger partial charge in [-0.2, -0.15) is 0 Å². The molecule has 2 amide bonds. The molecule has 0 aliphatic carbocycles. The Morgan fingerprint density at radius 3 is 1.63 bits per heavy atom. The third-order valence-electron chi connectivity index (χ3n) is 8.96. The van der Waals surface area contributed by atoms with Crippen molar-refractivity contribution in [1.29, 1.82) is 0 Å². The molecule has 7 N–H and O–H groups in total. The normalized spacial score (nSPS) is 13.7. The fourth-order valence-electron chi connectivity index (χ4n) is 6.86. The van der Waals surface area contributed by atoms with Gasteiger partial charge in [0.15, 0.2) is 5.84 Å². The fraction of sp³-hybridized carbons (Fsp3) is 0.135. The van der Waals surface area contributed by atoms with Crippen LogP contribution in [-0.2, 0) is 13.1 Å². The van der Waals surface area contributed by atoms with E-state index in [1.165, 1.54) is 36.0 Å². The largest absolute Gasteiger partial charge is 1.00 e. The van der Waals surface area contributed by atoms with Gasteiger partial charge in [0.05, 0.1) is 44.7 Å². The number of thioether (sulfide) groups is 1. The van der Waals surface area contributed by atoms with Crippen LogP contribution in [0.2, 0.25) is 0 Å². The van der Waals surface area contributed by atoms with Gasteiger partial charge in [-0.1, -0.05) is 41.2 Å². The first-order valence-electron chi connectivity index (χ1n) is 15.8. The molecule has 2 aromatic heterocycles. The number of para-hydroxylation sites is 2. The zero-order valence-electron chi connectivity index (χ0n) is 27.2. The molecule has 6 aromatic rings. The molecule has 0 saturated carbocycles. The Morgan fingerprint density at radius 1 is 0.765 bits per heavy atom. The number of oxime groups is 1. The zero-order chi connectivity index (χ0) is 35.1. The SMILES string of the molecule is CSC(=[NH2+])c1c(-c2ccc(F)cc2)n2c3c(cccc13)C(=O)NCC2.N/C(=N\O)c1c(-c2ccc(F)cc2)n2c3c(cccc13)C(=O)NCC2.[I-]. The number of amides is 2. The van der Waals surface area contributed by atoms with Gasteiger partial charge < -0.3 is 54.7 Å². The number of rotatable bonds is 4. The number of carbonyl (C=O) groups excluding carboxylic acids is 2. The second kappa shape index (κ2) is 14.6. The highest BCUT2D eigenvalue weighted by Gasteiger charge is 2.29. The Hall–Kier alpha value is -5.22. The van der Waals surface area contributed by atoms with E-state index in [0.29, 0.717) is 59.0 Å². The summed E-state index contributed by atoms with van der Waals surface area (Å²) in [5, 5.41) is 26.9. The molecule has 51 heavy (non-hydrogen) atoms. The summed E-state index contributed by atoms with van der Waals surface area (Å²) >= 11 is 1.47. The highest BCUT2D eigenvalue weighted by atomic mass is 127. The van der Waals surface area contributed by atoms with E-state index in [4.69, 9.17) is 11.1 Å². The van der Waals surface area contributed by atoms with Crippen LogP contribution in [0.4, 0.5) is 8.78 Å². The van der Waals surface area contributed by atoms with Crippen LogP contribution in [0.3, 0.4) is 0 Å². The highest BCUT2D eigenvalue weighted by Crippen LogP contribution is 2.38. The van der Waals surface area contributed by atoms with Crippen molar-refractivity contribution in [2.75, 3.05) is 19.3 Å². The molecule has 0 radical (unpaired) electrons. The molecular weight excluding hydrogens is 787 g/mol. The number of halogens is 3. The molecule has 14 heteroatoms. The predicted octanol–water partition coefficient (Wildman–Crippen LogP) is 1.35. The van der Waals surface area contributed by atoms with Gasteiger partial charge in [0.25, 0.3) is 11.8 Å². The van der Waals surface area contributed by atoms with E-state index in [2.05, 4.69) is 20.4 Å². The number of nitrogens with zero attached hydrogens (tertiary/aromatic N) is 3. The first-order valence-corrected chi connectivity index (χ1v) is 17.0. The third kappa shape index (κ3) is 6.22. The summed E-state index contributed by atoms with van der Waals surface area (Å²) in [6.07, 6.45) is 1.93. The van der Waals surface area contributed by atoms with Crippen molar-refractivity contribution in [2.45, 2.75) is 13.1 Å². The Kier molecular flexibility index (Phi) is 10.2. The number of nitrogens with two attached hydrogens (primary N) is 2. The minimum Gasteiger partial charge on any atom is -1.00 e. The average molecular weight is 820 g/mol. The van der Waals surface area contributed by atoms with Crippen LogP contribution in [0.15, 0.2) is 90.1 Å². The predicted molar refractivity (Wildman–Crippen MR) is 191 cm³/mol. The minimum atomic E-state index is -0.349. The number of carbonyl (C=O) groups is 2. The fourth-order valence-corrected chi connectivity index (χ4v) is 7.27. The molecule has 0 unspecified atom stereocenters. The van der Waals surface area contributed by atoms with E-state index in [1.54, 1.807) is 36.4 Å². The second-order valence-electron chi connectivity index (χ2n) is 11.7. The summed E-state index contributed by atoms with van der Waals surface area (Å²) in [4.78, 5) is 24.8. The first-order chi connectivity index (χ1) is 24.2. The maximum absolute atomic E-state index is 13.4. The molecule has 0 saturated heterocycles. The van der Waals surface area contributed by atoms with Gasteiger partial charge in [-0.15, -0.1) is 0 Å². The quantitative estimate of drug-likeness (QED) is 0.0599.